The van der Waals surface area contributed by atoms with Crippen molar-refractivity contribution in [3.63, 3.8) is 0 Å². The van der Waals surface area contributed by atoms with Crippen molar-refractivity contribution < 1.29 is 9.53 Å². The molecule has 0 aliphatic carbocycles. The molecule has 0 aromatic heterocycles. The molecule has 0 unspecified atom stereocenters. The quantitative estimate of drug-likeness (QED) is 0.621. The van der Waals surface area contributed by atoms with Gasteiger partial charge in [0, 0.05) is 3.57 Å². The van der Waals surface area contributed by atoms with E-state index < -0.39 is 5.24 Å². The molecule has 0 heterocycles. The fourth-order valence-corrected chi connectivity index (χ4v) is 2.19. The summed E-state index contributed by atoms with van der Waals surface area (Å²) in [5, 5.41) is 8.16. The number of nitriles is 1. The molecule has 0 saturated heterocycles. The van der Waals surface area contributed by atoms with Gasteiger partial charge in [0.05, 0.1) is 18.2 Å². The highest BCUT2D eigenvalue weighted by Gasteiger charge is 2.14. The lowest BCUT2D eigenvalue weighted by Crippen LogP contribution is -1.99. The van der Waals surface area contributed by atoms with Crippen LogP contribution in [-0.4, -0.2) is 12.4 Å². The molecular weight excluding hydrogens is 316 g/mol. The van der Waals surface area contributed by atoms with Gasteiger partial charge in [0.15, 0.2) is 0 Å². The molecule has 0 amide bonds. The van der Waals surface area contributed by atoms with Crippen LogP contribution in [0.2, 0.25) is 0 Å². The maximum Gasteiger partial charge on any atom is 0.254 e. The maximum absolute atomic E-state index is 11.0. The molecule has 0 spiro atoms. The van der Waals surface area contributed by atoms with Gasteiger partial charge in [-0.3, -0.25) is 4.79 Å². The molecule has 72 valence electrons. The molecule has 0 fully saturated rings. The van der Waals surface area contributed by atoms with Gasteiger partial charge in [0.1, 0.15) is 11.8 Å². The number of halogens is 2. The lowest BCUT2D eigenvalue weighted by molar-refractivity contribution is 0.108. The van der Waals surface area contributed by atoms with Crippen molar-refractivity contribution in [1.29, 1.82) is 5.26 Å². The third-order valence-electron chi connectivity index (χ3n) is 1.62. The second-order valence-corrected chi connectivity index (χ2v) is 3.92. The van der Waals surface area contributed by atoms with E-state index in [0.717, 1.165) is 0 Å². The predicted octanol–water partition coefficient (Wildman–Crippen LogP) is 2.55. The van der Waals surface area contributed by atoms with E-state index in [4.69, 9.17) is 21.6 Å². The van der Waals surface area contributed by atoms with E-state index in [1.165, 1.54) is 13.2 Å². The Morgan fingerprint density at radius 3 is 2.71 bits per heavy atom. The molecule has 14 heavy (non-hydrogen) atoms. The van der Waals surface area contributed by atoms with Gasteiger partial charge in [-0.15, -0.1) is 0 Å². The number of carbonyl (C=O) groups excluding carboxylic acids is 1. The minimum Gasteiger partial charge on any atom is -0.497 e. The van der Waals surface area contributed by atoms with E-state index in [2.05, 4.69) is 0 Å². The van der Waals surface area contributed by atoms with E-state index >= 15 is 0 Å². The van der Waals surface area contributed by atoms with Crippen LogP contribution in [0.25, 0.3) is 0 Å². The Labute approximate surface area is 99.8 Å². The first kappa shape index (κ1) is 11.3. The fraction of sp³-hybridized carbons (Fsp3) is 0.111. The largest absolute Gasteiger partial charge is 0.497 e. The van der Waals surface area contributed by atoms with Crippen LogP contribution in [0.5, 0.6) is 5.75 Å². The third kappa shape index (κ3) is 2.16. The van der Waals surface area contributed by atoms with Crippen LogP contribution >= 0.6 is 34.2 Å². The molecule has 0 bridgehead atoms. The van der Waals surface area contributed by atoms with Crippen molar-refractivity contribution in [2.24, 2.45) is 0 Å². The van der Waals surface area contributed by atoms with E-state index in [1.54, 1.807) is 6.07 Å². The number of hydrogen-bond donors (Lipinski definition) is 0. The Hall–Kier alpha value is -0.800. The van der Waals surface area contributed by atoms with Gasteiger partial charge in [0.25, 0.3) is 5.24 Å². The van der Waals surface area contributed by atoms with Crippen LogP contribution in [0.1, 0.15) is 15.9 Å². The lowest BCUT2D eigenvalue weighted by Gasteiger charge is -2.05. The van der Waals surface area contributed by atoms with E-state index in [9.17, 15) is 4.79 Å². The minimum absolute atomic E-state index is 0.230. The van der Waals surface area contributed by atoms with Crippen LogP contribution in [-0.2, 0) is 0 Å². The predicted molar refractivity (Wildman–Crippen MR) is 60.6 cm³/mol. The van der Waals surface area contributed by atoms with Gasteiger partial charge < -0.3 is 4.74 Å². The zero-order chi connectivity index (χ0) is 10.7. The lowest BCUT2D eigenvalue weighted by atomic mass is 10.1. The van der Waals surface area contributed by atoms with Crippen LogP contribution in [0, 0.1) is 14.9 Å². The van der Waals surface area contributed by atoms with E-state index in [-0.39, 0.29) is 11.1 Å². The topological polar surface area (TPSA) is 50.1 Å². The normalized spacial score (nSPS) is 9.29. The summed E-state index contributed by atoms with van der Waals surface area (Å²) < 4.78 is 5.57. The Morgan fingerprint density at radius 2 is 2.29 bits per heavy atom. The van der Waals surface area contributed by atoms with Crippen molar-refractivity contribution in [3.05, 3.63) is 26.8 Å². The van der Waals surface area contributed by atoms with Crippen LogP contribution in [0.4, 0.5) is 0 Å². The first-order valence-corrected chi connectivity index (χ1v) is 5.03. The van der Waals surface area contributed by atoms with Crippen molar-refractivity contribution in [3.8, 4) is 11.8 Å². The fourth-order valence-electron chi connectivity index (χ4n) is 0.988. The molecule has 0 N–H and O–H groups in total. The highest BCUT2D eigenvalue weighted by molar-refractivity contribution is 14.1. The molecule has 0 aliphatic rings. The summed E-state index contributed by atoms with van der Waals surface area (Å²) >= 11 is 7.29. The summed E-state index contributed by atoms with van der Waals surface area (Å²) in [7, 11) is 1.49. The zero-order valence-electron chi connectivity index (χ0n) is 7.17. The van der Waals surface area contributed by atoms with Crippen LogP contribution in [0.3, 0.4) is 0 Å². The van der Waals surface area contributed by atoms with Crippen molar-refractivity contribution in [2.45, 2.75) is 0 Å². The summed E-state index contributed by atoms with van der Waals surface area (Å²) in [6.45, 7) is 0. The van der Waals surface area contributed by atoms with Gasteiger partial charge in [-0.2, -0.15) is 5.26 Å². The molecule has 5 heteroatoms. The van der Waals surface area contributed by atoms with Gasteiger partial charge in [-0.25, -0.2) is 0 Å². The summed E-state index contributed by atoms with van der Waals surface area (Å²) in [6.07, 6.45) is 0. The molecule has 1 aromatic rings. The number of nitrogens with zero attached hydrogens (tertiary/aromatic N) is 1. The maximum atomic E-state index is 11.0. The molecule has 3 nitrogen and oxygen atoms in total. The minimum atomic E-state index is -0.631. The van der Waals surface area contributed by atoms with Crippen molar-refractivity contribution in [1.82, 2.24) is 0 Å². The number of benzene rings is 1. The second-order valence-electron chi connectivity index (χ2n) is 2.42. The van der Waals surface area contributed by atoms with Crippen molar-refractivity contribution in [2.75, 3.05) is 7.11 Å². The summed E-state index contributed by atoms with van der Waals surface area (Å²) in [4.78, 5) is 11.0. The Bertz CT molecular complexity index is 426. The van der Waals surface area contributed by atoms with Crippen LogP contribution in [0.15, 0.2) is 12.1 Å². The van der Waals surface area contributed by atoms with Crippen molar-refractivity contribution >= 4 is 39.4 Å². The summed E-state index contributed by atoms with van der Waals surface area (Å²) in [5.41, 5.74) is 0.462. The van der Waals surface area contributed by atoms with Gasteiger partial charge in [0.2, 0.25) is 0 Å². The average Bonchev–Trinajstić information content (AvgIpc) is 2.15. The molecule has 0 saturated carbocycles. The molecule has 1 rings (SSSR count). The zero-order valence-corrected chi connectivity index (χ0v) is 10.1. The Kier molecular flexibility index (Phi) is 3.72. The van der Waals surface area contributed by atoms with E-state index in [1.807, 2.05) is 28.7 Å². The molecular formula is C9H5ClINO2. The molecule has 0 aliphatic heterocycles. The van der Waals surface area contributed by atoms with Gasteiger partial charge in [-0.05, 0) is 46.3 Å². The van der Waals surface area contributed by atoms with E-state index in [0.29, 0.717) is 9.32 Å². The standard InChI is InChI=1S/C9H5ClINO2/c1-14-6-2-5(4-12)8(9(10)13)7(11)3-6/h2-3H,1H3. The Morgan fingerprint density at radius 1 is 1.64 bits per heavy atom. The number of ether oxygens (including phenoxy) is 1. The first-order valence-electron chi connectivity index (χ1n) is 3.57. The smallest absolute Gasteiger partial charge is 0.254 e. The monoisotopic (exact) mass is 321 g/mol. The number of carbonyl (C=O) groups is 1. The summed E-state index contributed by atoms with van der Waals surface area (Å²) in [5.74, 6) is 0.535. The molecule has 0 radical (unpaired) electrons. The average molecular weight is 322 g/mol. The summed E-state index contributed by atoms with van der Waals surface area (Å²) in [6, 6.07) is 5.04. The highest BCUT2D eigenvalue weighted by Crippen LogP contribution is 2.24. The van der Waals surface area contributed by atoms with Crippen LogP contribution < -0.4 is 4.74 Å². The third-order valence-corrected chi connectivity index (χ3v) is 2.66. The number of rotatable bonds is 2. The van der Waals surface area contributed by atoms with Gasteiger partial charge >= 0.3 is 0 Å². The second kappa shape index (κ2) is 4.62. The highest BCUT2D eigenvalue weighted by atomic mass is 127. The Balaban J connectivity index is 3.44. The first-order chi connectivity index (χ1) is 6.60. The SMILES string of the molecule is COc1cc(I)c(C(=O)Cl)c(C#N)c1. The molecule has 1 aromatic carbocycles. The molecule has 0 atom stereocenters. The van der Waals surface area contributed by atoms with Gasteiger partial charge in [-0.1, -0.05) is 0 Å². The number of hydrogen-bond acceptors (Lipinski definition) is 3. The number of methoxy groups -OCH3 is 1.